The van der Waals surface area contributed by atoms with Gasteiger partial charge in [0.2, 0.25) is 0 Å². The molecule has 1 aliphatic rings. The van der Waals surface area contributed by atoms with Gasteiger partial charge in [-0.25, -0.2) is 0 Å². The van der Waals surface area contributed by atoms with Crippen LogP contribution >= 0.6 is 12.6 Å². The Morgan fingerprint density at radius 3 is 2.63 bits per heavy atom. The summed E-state index contributed by atoms with van der Waals surface area (Å²) in [5.74, 6) is 1.91. The topological polar surface area (TPSA) is 12.5 Å². The van der Waals surface area contributed by atoms with Gasteiger partial charge in [0.25, 0.3) is 0 Å². The van der Waals surface area contributed by atoms with Crippen LogP contribution < -0.4 is 9.64 Å². The lowest BCUT2D eigenvalue weighted by atomic mass is 9.75. The van der Waals surface area contributed by atoms with Gasteiger partial charge in [0.15, 0.2) is 0 Å². The Labute approximate surface area is 122 Å². The first kappa shape index (κ1) is 14.6. The zero-order chi connectivity index (χ0) is 13.7. The van der Waals surface area contributed by atoms with E-state index in [9.17, 15) is 0 Å². The van der Waals surface area contributed by atoms with E-state index in [1.54, 1.807) is 7.11 Å². The molecule has 0 aromatic heterocycles. The van der Waals surface area contributed by atoms with E-state index in [1.807, 2.05) is 6.07 Å². The fourth-order valence-electron chi connectivity index (χ4n) is 3.11. The highest BCUT2D eigenvalue weighted by Crippen LogP contribution is 2.38. The van der Waals surface area contributed by atoms with Crippen LogP contribution in [0.5, 0.6) is 5.75 Å². The molecule has 2 nitrogen and oxygen atoms in total. The van der Waals surface area contributed by atoms with Crippen LogP contribution in [-0.2, 0) is 0 Å². The molecule has 0 aliphatic heterocycles. The minimum Gasteiger partial charge on any atom is -0.497 e. The maximum Gasteiger partial charge on any atom is 0.120 e. The van der Waals surface area contributed by atoms with Crippen LogP contribution in [-0.4, -0.2) is 26.5 Å². The first-order valence-electron chi connectivity index (χ1n) is 7.15. The summed E-state index contributed by atoms with van der Waals surface area (Å²) < 4.78 is 5.30. The van der Waals surface area contributed by atoms with Crippen molar-refractivity contribution in [2.75, 3.05) is 31.4 Å². The predicted octanol–water partition coefficient (Wildman–Crippen LogP) is 4.01. The van der Waals surface area contributed by atoms with Crippen molar-refractivity contribution in [3.63, 3.8) is 0 Å². The van der Waals surface area contributed by atoms with Gasteiger partial charge in [-0.3, -0.25) is 0 Å². The Bertz CT molecular complexity index is 401. The summed E-state index contributed by atoms with van der Waals surface area (Å²) in [4.78, 5) is 2.35. The van der Waals surface area contributed by atoms with Gasteiger partial charge in [0.1, 0.15) is 5.75 Å². The van der Waals surface area contributed by atoms with E-state index in [-0.39, 0.29) is 0 Å². The number of methoxy groups -OCH3 is 1. The van der Waals surface area contributed by atoms with Crippen molar-refractivity contribution in [3.05, 3.63) is 24.3 Å². The average Bonchev–Trinajstić information content (AvgIpc) is 2.48. The zero-order valence-electron chi connectivity index (χ0n) is 12.1. The molecule has 0 amide bonds. The molecule has 1 saturated carbocycles. The molecule has 0 spiro atoms. The van der Waals surface area contributed by atoms with Crippen molar-refractivity contribution in [2.24, 2.45) is 5.41 Å². The highest BCUT2D eigenvalue weighted by atomic mass is 32.1. The van der Waals surface area contributed by atoms with Crippen LogP contribution in [0.15, 0.2) is 24.3 Å². The maximum atomic E-state index is 5.30. The van der Waals surface area contributed by atoms with Gasteiger partial charge in [0.05, 0.1) is 7.11 Å². The molecule has 1 aromatic carbocycles. The average molecular weight is 279 g/mol. The fraction of sp³-hybridized carbons (Fsp3) is 0.625. The molecule has 19 heavy (non-hydrogen) atoms. The monoisotopic (exact) mass is 279 g/mol. The minimum absolute atomic E-state index is 0.388. The van der Waals surface area contributed by atoms with E-state index in [0.717, 1.165) is 18.0 Å². The molecule has 1 aromatic rings. The van der Waals surface area contributed by atoms with Gasteiger partial charge in [-0.2, -0.15) is 12.6 Å². The maximum absolute atomic E-state index is 5.30. The summed E-state index contributed by atoms with van der Waals surface area (Å²) >= 11 is 4.62. The normalized spacial score (nSPS) is 18.1. The third-order valence-electron chi connectivity index (χ3n) is 4.32. The molecule has 0 heterocycles. The molecular weight excluding hydrogens is 254 g/mol. The summed E-state index contributed by atoms with van der Waals surface area (Å²) in [5, 5.41) is 0. The number of hydrogen-bond acceptors (Lipinski definition) is 3. The molecular formula is C16H25NOS. The van der Waals surface area contributed by atoms with Crippen LogP contribution in [0.3, 0.4) is 0 Å². The number of rotatable bonds is 5. The van der Waals surface area contributed by atoms with E-state index in [2.05, 4.69) is 42.8 Å². The number of benzene rings is 1. The summed E-state index contributed by atoms with van der Waals surface area (Å²) in [6.07, 6.45) is 6.72. The molecule has 3 heteroatoms. The molecule has 0 unspecified atom stereocenters. The lowest BCUT2D eigenvalue weighted by Crippen LogP contribution is -2.38. The SMILES string of the molecule is COc1cccc(N(C)CC2(CS)CCCCC2)c1. The van der Waals surface area contributed by atoms with Crippen LogP contribution in [0.2, 0.25) is 0 Å². The van der Waals surface area contributed by atoms with Gasteiger partial charge in [-0.05, 0) is 36.1 Å². The van der Waals surface area contributed by atoms with Crippen LogP contribution in [0.4, 0.5) is 5.69 Å². The molecule has 0 atom stereocenters. The van der Waals surface area contributed by atoms with Crippen molar-refractivity contribution in [1.82, 2.24) is 0 Å². The third kappa shape index (κ3) is 3.59. The third-order valence-corrected chi connectivity index (χ3v) is 4.99. The van der Waals surface area contributed by atoms with Gasteiger partial charge in [-0.1, -0.05) is 25.3 Å². The van der Waals surface area contributed by atoms with Gasteiger partial charge in [0, 0.05) is 25.3 Å². The molecule has 2 rings (SSSR count). The van der Waals surface area contributed by atoms with Crippen LogP contribution in [0.1, 0.15) is 32.1 Å². The van der Waals surface area contributed by atoms with E-state index in [0.29, 0.717) is 5.41 Å². The van der Waals surface area contributed by atoms with Crippen molar-refractivity contribution < 1.29 is 4.74 Å². The van der Waals surface area contributed by atoms with E-state index >= 15 is 0 Å². The van der Waals surface area contributed by atoms with Crippen molar-refractivity contribution in [3.8, 4) is 5.75 Å². The number of anilines is 1. The molecule has 1 aliphatic carbocycles. The largest absolute Gasteiger partial charge is 0.497 e. The quantitative estimate of drug-likeness (QED) is 0.818. The van der Waals surface area contributed by atoms with E-state index in [1.165, 1.54) is 37.8 Å². The molecule has 0 bridgehead atoms. The number of hydrogen-bond donors (Lipinski definition) is 1. The Kier molecular flexibility index (Phi) is 5.03. The first-order valence-corrected chi connectivity index (χ1v) is 7.78. The Morgan fingerprint density at radius 1 is 1.26 bits per heavy atom. The van der Waals surface area contributed by atoms with Gasteiger partial charge >= 0.3 is 0 Å². The Hall–Kier alpha value is -0.830. The number of thiol groups is 1. The smallest absolute Gasteiger partial charge is 0.120 e. The standard InChI is InChI=1S/C16H25NOS/c1-17(14-7-6-8-15(11-14)18-2)12-16(13-19)9-4-3-5-10-16/h6-8,11,19H,3-5,9-10,12-13H2,1-2H3. The van der Waals surface area contributed by atoms with Crippen LogP contribution in [0, 0.1) is 5.41 Å². The summed E-state index contributed by atoms with van der Waals surface area (Å²) in [7, 11) is 3.89. The molecule has 0 radical (unpaired) electrons. The highest BCUT2D eigenvalue weighted by Gasteiger charge is 2.31. The summed E-state index contributed by atoms with van der Waals surface area (Å²) in [5.41, 5.74) is 1.62. The van der Waals surface area contributed by atoms with Gasteiger partial charge in [-0.15, -0.1) is 0 Å². The lowest BCUT2D eigenvalue weighted by Gasteiger charge is -2.40. The second-order valence-corrected chi connectivity index (χ2v) is 6.09. The van der Waals surface area contributed by atoms with Gasteiger partial charge < -0.3 is 9.64 Å². The van der Waals surface area contributed by atoms with Crippen molar-refractivity contribution >= 4 is 18.3 Å². The second-order valence-electron chi connectivity index (χ2n) is 5.78. The second kappa shape index (κ2) is 6.56. The molecule has 0 saturated heterocycles. The number of ether oxygens (including phenoxy) is 1. The van der Waals surface area contributed by atoms with E-state index in [4.69, 9.17) is 4.74 Å². The summed E-state index contributed by atoms with van der Waals surface area (Å²) in [6, 6.07) is 8.30. The molecule has 0 N–H and O–H groups in total. The lowest BCUT2D eigenvalue weighted by molar-refractivity contribution is 0.230. The van der Waals surface area contributed by atoms with Crippen molar-refractivity contribution in [2.45, 2.75) is 32.1 Å². The Balaban J connectivity index is 2.07. The fourth-order valence-corrected chi connectivity index (χ4v) is 3.53. The molecule has 1 fully saturated rings. The number of nitrogens with zero attached hydrogens (tertiary/aromatic N) is 1. The van der Waals surface area contributed by atoms with Crippen molar-refractivity contribution in [1.29, 1.82) is 0 Å². The zero-order valence-corrected chi connectivity index (χ0v) is 13.0. The highest BCUT2D eigenvalue weighted by molar-refractivity contribution is 7.80. The molecule has 106 valence electrons. The first-order chi connectivity index (χ1) is 9.19. The van der Waals surface area contributed by atoms with E-state index < -0.39 is 0 Å². The van der Waals surface area contributed by atoms with Crippen LogP contribution in [0.25, 0.3) is 0 Å². The summed E-state index contributed by atoms with van der Waals surface area (Å²) in [6.45, 7) is 1.09. The Morgan fingerprint density at radius 2 is 2.00 bits per heavy atom. The minimum atomic E-state index is 0.388. The predicted molar refractivity (Wildman–Crippen MR) is 85.6 cm³/mol.